The molecule has 1 rings (SSSR count). The van der Waals surface area contributed by atoms with Crippen molar-refractivity contribution in [1.29, 1.82) is 0 Å². The molecule has 0 unspecified atom stereocenters. The van der Waals surface area contributed by atoms with Crippen molar-refractivity contribution < 1.29 is 18.0 Å². The molecule has 82 valence electrons. The Morgan fingerprint density at radius 2 is 1.87 bits per heavy atom. The highest BCUT2D eigenvalue weighted by atomic mass is 19.4. The maximum Gasteiger partial charge on any atom is 0.425 e. The Balaban J connectivity index is 2.42. The molecule has 0 aliphatic rings. The standard InChI is InChI=1S/C10H10F3NO/c1-8-2-4-9(5-3-8)6-14-15-7-10(11,12)13/h2-6H,7H2,1H3. The number of aryl methyl sites for hydroxylation is 1. The molecule has 0 spiro atoms. The van der Waals surface area contributed by atoms with E-state index in [1.54, 1.807) is 12.1 Å². The SMILES string of the molecule is Cc1ccc(C=NOCC(F)(F)F)cc1. The number of benzene rings is 1. The number of alkyl halides is 3. The predicted octanol–water partition coefficient (Wildman–Crippen LogP) is 2.91. The highest BCUT2D eigenvalue weighted by Crippen LogP contribution is 2.14. The summed E-state index contributed by atoms with van der Waals surface area (Å²) in [7, 11) is 0. The Bertz CT molecular complexity index is 330. The zero-order valence-corrected chi connectivity index (χ0v) is 8.08. The van der Waals surface area contributed by atoms with Gasteiger partial charge in [-0.05, 0) is 12.5 Å². The summed E-state index contributed by atoms with van der Waals surface area (Å²) in [5.41, 5.74) is 1.77. The topological polar surface area (TPSA) is 21.6 Å². The maximum absolute atomic E-state index is 11.6. The van der Waals surface area contributed by atoms with Crippen molar-refractivity contribution in [3.05, 3.63) is 35.4 Å². The van der Waals surface area contributed by atoms with E-state index in [1.165, 1.54) is 6.21 Å². The Morgan fingerprint density at radius 1 is 1.27 bits per heavy atom. The summed E-state index contributed by atoms with van der Waals surface area (Å²) in [6.45, 7) is 0.552. The summed E-state index contributed by atoms with van der Waals surface area (Å²) in [5, 5.41) is 3.21. The Hall–Kier alpha value is -1.52. The van der Waals surface area contributed by atoms with E-state index in [0.717, 1.165) is 5.56 Å². The first kappa shape index (κ1) is 11.6. The summed E-state index contributed by atoms with van der Waals surface area (Å²) >= 11 is 0. The molecule has 0 aliphatic carbocycles. The van der Waals surface area contributed by atoms with Crippen LogP contribution in [0.15, 0.2) is 29.4 Å². The number of hydrogen-bond donors (Lipinski definition) is 0. The maximum atomic E-state index is 11.6. The normalized spacial score (nSPS) is 12.0. The third-order valence-corrected chi connectivity index (χ3v) is 1.58. The van der Waals surface area contributed by atoms with Crippen molar-refractivity contribution in [1.82, 2.24) is 0 Å². The second-order valence-electron chi connectivity index (χ2n) is 3.03. The Labute approximate surface area is 85.4 Å². The fourth-order valence-corrected chi connectivity index (χ4v) is 0.861. The van der Waals surface area contributed by atoms with Crippen molar-refractivity contribution >= 4 is 6.21 Å². The average Bonchev–Trinajstić information content (AvgIpc) is 2.14. The van der Waals surface area contributed by atoms with E-state index >= 15 is 0 Å². The van der Waals surface area contributed by atoms with E-state index in [1.807, 2.05) is 19.1 Å². The molecular formula is C10H10F3NO. The van der Waals surface area contributed by atoms with Gasteiger partial charge in [-0.1, -0.05) is 35.0 Å². The number of nitrogens with zero attached hydrogens (tertiary/aromatic N) is 1. The zero-order chi connectivity index (χ0) is 11.3. The average molecular weight is 217 g/mol. The molecule has 0 fully saturated rings. The lowest BCUT2D eigenvalue weighted by Gasteiger charge is -2.02. The van der Waals surface area contributed by atoms with Crippen LogP contribution in [0.5, 0.6) is 0 Å². The van der Waals surface area contributed by atoms with Crippen molar-refractivity contribution in [2.75, 3.05) is 6.61 Å². The van der Waals surface area contributed by atoms with Crippen LogP contribution in [-0.2, 0) is 4.84 Å². The monoisotopic (exact) mass is 217 g/mol. The van der Waals surface area contributed by atoms with Gasteiger partial charge in [-0.25, -0.2) is 0 Å². The largest absolute Gasteiger partial charge is 0.425 e. The number of oxime groups is 1. The van der Waals surface area contributed by atoms with E-state index in [9.17, 15) is 13.2 Å². The quantitative estimate of drug-likeness (QED) is 0.563. The predicted molar refractivity (Wildman–Crippen MR) is 50.8 cm³/mol. The summed E-state index contributed by atoms with van der Waals surface area (Å²) in [4.78, 5) is 4.08. The van der Waals surface area contributed by atoms with Gasteiger partial charge in [0.25, 0.3) is 0 Å². The first-order valence-corrected chi connectivity index (χ1v) is 4.26. The zero-order valence-electron chi connectivity index (χ0n) is 8.08. The molecule has 1 aromatic rings. The highest BCUT2D eigenvalue weighted by Gasteiger charge is 2.28. The molecular weight excluding hydrogens is 207 g/mol. The summed E-state index contributed by atoms with van der Waals surface area (Å²) in [5.74, 6) is 0. The summed E-state index contributed by atoms with van der Waals surface area (Å²) in [6.07, 6.45) is -3.10. The molecule has 0 saturated carbocycles. The molecule has 0 N–H and O–H groups in total. The number of rotatable bonds is 3. The molecule has 15 heavy (non-hydrogen) atoms. The first-order valence-electron chi connectivity index (χ1n) is 4.26. The fraction of sp³-hybridized carbons (Fsp3) is 0.300. The molecule has 1 aromatic carbocycles. The van der Waals surface area contributed by atoms with E-state index in [2.05, 4.69) is 9.99 Å². The molecule has 5 heteroatoms. The minimum Gasteiger partial charge on any atom is -0.386 e. The van der Waals surface area contributed by atoms with Crippen LogP contribution in [0.25, 0.3) is 0 Å². The third-order valence-electron chi connectivity index (χ3n) is 1.58. The van der Waals surface area contributed by atoms with Gasteiger partial charge in [0.1, 0.15) is 0 Å². The minimum absolute atomic E-state index is 0.697. The minimum atomic E-state index is -4.34. The first-order chi connectivity index (χ1) is 6.97. The Kier molecular flexibility index (Phi) is 3.71. The van der Waals surface area contributed by atoms with Crippen molar-refractivity contribution in [2.24, 2.45) is 5.16 Å². The molecule has 0 bridgehead atoms. The van der Waals surface area contributed by atoms with Gasteiger partial charge in [-0.15, -0.1) is 0 Å². The smallest absolute Gasteiger partial charge is 0.386 e. The van der Waals surface area contributed by atoms with Crippen LogP contribution in [0.3, 0.4) is 0 Å². The van der Waals surface area contributed by atoms with Gasteiger partial charge in [0, 0.05) is 0 Å². The van der Waals surface area contributed by atoms with Crippen LogP contribution in [0, 0.1) is 6.92 Å². The van der Waals surface area contributed by atoms with E-state index < -0.39 is 12.8 Å². The molecule has 0 heterocycles. The third kappa shape index (κ3) is 5.05. The van der Waals surface area contributed by atoms with Gasteiger partial charge in [0.15, 0.2) is 0 Å². The van der Waals surface area contributed by atoms with Gasteiger partial charge in [-0.2, -0.15) is 13.2 Å². The molecule has 0 aliphatic heterocycles. The fourth-order valence-electron chi connectivity index (χ4n) is 0.861. The molecule has 0 amide bonds. The molecule has 0 aromatic heterocycles. The van der Waals surface area contributed by atoms with Gasteiger partial charge >= 0.3 is 6.18 Å². The number of halogens is 3. The highest BCUT2D eigenvalue weighted by molar-refractivity contribution is 5.79. The lowest BCUT2D eigenvalue weighted by molar-refractivity contribution is -0.173. The van der Waals surface area contributed by atoms with Gasteiger partial charge in [-0.3, -0.25) is 0 Å². The lowest BCUT2D eigenvalue weighted by atomic mass is 10.2. The molecule has 0 atom stereocenters. The van der Waals surface area contributed by atoms with Crippen LogP contribution in [0.1, 0.15) is 11.1 Å². The molecule has 0 radical (unpaired) electrons. The summed E-state index contributed by atoms with van der Waals surface area (Å²) < 4.78 is 34.9. The van der Waals surface area contributed by atoms with Crippen molar-refractivity contribution in [3.8, 4) is 0 Å². The van der Waals surface area contributed by atoms with E-state index in [4.69, 9.17) is 0 Å². The number of hydrogen-bond acceptors (Lipinski definition) is 2. The van der Waals surface area contributed by atoms with Crippen molar-refractivity contribution in [3.63, 3.8) is 0 Å². The van der Waals surface area contributed by atoms with Gasteiger partial charge in [0.2, 0.25) is 6.61 Å². The molecule has 2 nitrogen and oxygen atoms in total. The van der Waals surface area contributed by atoms with Crippen LogP contribution in [0.4, 0.5) is 13.2 Å². The molecule has 0 saturated heterocycles. The van der Waals surface area contributed by atoms with Crippen LogP contribution in [0.2, 0.25) is 0 Å². The Morgan fingerprint density at radius 3 is 2.40 bits per heavy atom. The van der Waals surface area contributed by atoms with Gasteiger partial charge < -0.3 is 4.84 Å². The van der Waals surface area contributed by atoms with Crippen LogP contribution >= 0.6 is 0 Å². The second-order valence-corrected chi connectivity index (χ2v) is 3.03. The van der Waals surface area contributed by atoms with Crippen LogP contribution in [-0.4, -0.2) is 19.0 Å². The second kappa shape index (κ2) is 4.82. The van der Waals surface area contributed by atoms with Crippen LogP contribution < -0.4 is 0 Å². The lowest BCUT2D eigenvalue weighted by Crippen LogP contribution is -2.14. The van der Waals surface area contributed by atoms with E-state index in [0.29, 0.717) is 5.56 Å². The summed E-state index contributed by atoms with van der Waals surface area (Å²) in [6, 6.07) is 7.17. The van der Waals surface area contributed by atoms with Gasteiger partial charge in [0.05, 0.1) is 6.21 Å². The van der Waals surface area contributed by atoms with E-state index in [-0.39, 0.29) is 0 Å². The van der Waals surface area contributed by atoms with Crippen molar-refractivity contribution in [2.45, 2.75) is 13.1 Å².